The first-order valence-corrected chi connectivity index (χ1v) is 26.2. The number of rotatable bonds is 7. The molecule has 0 aliphatic rings. The summed E-state index contributed by atoms with van der Waals surface area (Å²) in [6.45, 7) is 20.9. The summed E-state index contributed by atoms with van der Waals surface area (Å²) in [5, 5.41) is 3.63. The average Bonchev–Trinajstić information content (AvgIpc) is 3.87. The van der Waals surface area contributed by atoms with Crippen LogP contribution in [0.1, 0.15) is 52.7 Å². The normalized spacial score (nSPS) is 12.0. The number of benzene rings is 7. The maximum absolute atomic E-state index is 6.53. The van der Waals surface area contributed by atoms with Gasteiger partial charge in [-0.05, 0) is 75.2 Å². The smallest absolute Gasteiger partial charge is 0.120 e. The van der Waals surface area contributed by atoms with Crippen molar-refractivity contribution in [2.24, 2.45) is 5.41 Å². The van der Waals surface area contributed by atoms with Crippen molar-refractivity contribution < 1.29 is 24.5 Å². The van der Waals surface area contributed by atoms with Crippen LogP contribution in [0.15, 0.2) is 174 Å². The van der Waals surface area contributed by atoms with Gasteiger partial charge in [-0.1, -0.05) is 175 Å². The summed E-state index contributed by atoms with van der Waals surface area (Å²) in [6.07, 6.45) is 3.21. The second-order valence-electron chi connectivity index (χ2n) is 20.3. The minimum Gasteiger partial charge on any atom is -0.501 e. The Hall–Kier alpha value is -6.17. The zero-order valence-corrected chi connectivity index (χ0v) is 42.9. The standard InChI is InChI=1S/C41H31N2O.C19H26NSi.Ir/c1-41(2,3)29-25-33(27-15-6-4-7-16-27)38(34(26-29)28-17-8-5-9-18-28)43-36-23-12-11-22-35(36)42-40(43)32-21-14-20-31-30-19-10-13-24-37(30)44-39(31)32;1-19(2,3)13-16-12-17(15-10-8-7-9-11-15)20-14-18(16)21(4,5)6;/h4-20,22-26H,1-3H3;7-10,12,14H,13H2,1-6H3;/q2*-1;. The van der Waals surface area contributed by atoms with E-state index in [4.69, 9.17) is 14.4 Å². The largest absolute Gasteiger partial charge is 0.501 e. The van der Waals surface area contributed by atoms with Gasteiger partial charge < -0.3 is 14.0 Å². The molecule has 0 saturated heterocycles. The van der Waals surface area contributed by atoms with Crippen molar-refractivity contribution in [2.75, 3.05) is 0 Å². The van der Waals surface area contributed by atoms with E-state index in [1.165, 1.54) is 16.3 Å². The molecule has 0 unspecified atom stereocenters. The number of nitrogens with zero attached hydrogens (tertiary/aromatic N) is 3. The number of aromatic nitrogens is 3. The molecule has 0 amide bonds. The SMILES string of the molecule is CC(C)(C)Cc1cc(-c2[c-]cccc2)ncc1[Si](C)(C)C.CC(C)(C)c1cc(-c2ccccc2)c(-n2c(-c3[c-]ccc4c3oc3ccccc34)nc3ccccc32)c(-c2ccccc2)c1.[Ir]. The molecular formula is C60H57IrN3OSi-2. The molecule has 1 radical (unpaired) electrons. The van der Waals surface area contributed by atoms with E-state index in [0.29, 0.717) is 0 Å². The van der Waals surface area contributed by atoms with Crippen LogP contribution in [-0.4, -0.2) is 22.6 Å². The maximum atomic E-state index is 6.53. The van der Waals surface area contributed by atoms with E-state index >= 15 is 0 Å². The van der Waals surface area contributed by atoms with Gasteiger partial charge in [-0.25, -0.2) is 0 Å². The van der Waals surface area contributed by atoms with Crippen molar-refractivity contribution in [1.82, 2.24) is 14.5 Å². The first-order valence-electron chi connectivity index (χ1n) is 22.7. The first-order chi connectivity index (χ1) is 31.1. The number of hydrogen-bond donors (Lipinski definition) is 0. The fourth-order valence-corrected chi connectivity index (χ4v) is 10.4. The topological polar surface area (TPSA) is 43.9 Å². The van der Waals surface area contributed by atoms with E-state index in [1.54, 1.807) is 0 Å². The third kappa shape index (κ3) is 9.55. The van der Waals surface area contributed by atoms with Gasteiger partial charge in [0.05, 0.1) is 36.2 Å². The zero-order chi connectivity index (χ0) is 45.5. The summed E-state index contributed by atoms with van der Waals surface area (Å²) in [6, 6.07) is 63.9. The number of imidazole rings is 1. The van der Waals surface area contributed by atoms with Gasteiger partial charge in [-0.3, -0.25) is 4.98 Å². The van der Waals surface area contributed by atoms with Gasteiger partial charge in [0.25, 0.3) is 0 Å². The summed E-state index contributed by atoms with van der Waals surface area (Å²) in [5.74, 6) is 0.800. The Morgan fingerprint density at radius 1 is 0.636 bits per heavy atom. The number of pyridine rings is 1. The van der Waals surface area contributed by atoms with Crippen molar-refractivity contribution in [3.05, 3.63) is 193 Å². The fraction of sp³-hybridized carbons (Fsp3) is 0.200. The molecule has 4 nitrogen and oxygen atoms in total. The molecule has 333 valence electrons. The van der Waals surface area contributed by atoms with Crippen LogP contribution < -0.4 is 5.19 Å². The van der Waals surface area contributed by atoms with Gasteiger partial charge in [0.2, 0.25) is 0 Å². The molecule has 0 N–H and O–H groups in total. The Bertz CT molecular complexity index is 3220. The third-order valence-corrected chi connectivity index (χ3v) is 14.1. The molecule has 66 heavy (non-hydrogen) atoms. The number of para-hydroxylation sites is 3. The van der Waals surface area contributed by atoms with E-state index in [2.05, 4.69) is 205 Å². The molecular weight excluding hydrogens is 999 g/mol. The van der Waals surface area contributed by atoms with Crippen molar-refractivity contribution in [3.8, 4) is 50.6 Å². The molecule has 0 aliphatic heterocycles. The van der Waals surface area contributed by atoms with Crippen LogP contribution >= 0.6 is 0 Å². The van der Waals surface area contributed by atoms with E-state index in [-0.39, 0.29) is 30.9 Å². The molecule has 6 heteroatoms. The molecule has 0 spiro atoms. The summed E-state index contributed by atoms with van der Waals surface area (Å²) >= 11 is 0. The van der Waals surface area contributed by atoms with Crippen LogP contribution in [0.25, 0.3) is 83.6 Å². The van der Waals surface area contributed by atoms with Gasteiger partial charge in [-0.2, -0.15) is 0 Å². The fourth-order valence-electron chi connectivity index (χ4n) is 8.85. The van der Waals surface area contributed by atoms with Crippen LogP contribution in [0, 0.1) is 17.5 Å². The van der Waals surface area contributed by atoms with E-state index < -0.39 is 8.07 Å². The second-order valence-corrected chi connectivity index (χ2v) is 25.4. The quantitative estimate of drug-likeness (QED) is 0.118. The van der Waals surface area contributed by atoms with E-state index in [9.17, 15) is 0 Å². The number of fused-ring (bicyclic) bond motifs is 4. The van der Waals surface area contributed by atoms with Crippen molar-refractivity contribution in [2.45, 2.75) is 73.0 Å². The first kappa shape index (κ1) is 46.4. The minimum absolute atomic E-state index is 0. The number of hydrogen-bond acceptors (Lipinski definition) is 3. The molecule has 3 heterocycles. The van der Waals surface area contributed by atoms with Gasteiger partial charge in [-0.15, -0.1) is 54.1 Å². The molecule has 0 aliphatic carbocycles. The predicted molar refractivity (Wildman–Crippen MR) is 277 cm³/mol. The molecule has 7 aromatic carbocycles. The average molecular weight is 1060 g/mol. The number of furan rings is 1. The molecule has 3 aromatic heterocycles. The predicted octanol–water partition coefficient (Wildman–Crippen LogP) is 15.7. The van der Waals surface area contributed by atoms with Gasteiger partial charge in [0.1, 0.15) is 5.58 Å². The van der Waals surface area contributed by atoms with Gasteiger partial charge in [0.15, 0.2) is 0 Å². The molecule has 10 rings (SSSR count). The Kier molecular flexibility index (Phi) is 13.1. The molecule has 0 bridgehead atoms. The summed E-state index contributed by atoms with van der Waals surface area (Å²) in [4.78, 5) is 10.0. The van der Waals surface area contributed by atoms with Gasteiger partial charge in [0, 0.05) is 42.8 Å². The van der Waals surface area contributed by atoms with Gasteiger partial charge >= 0.3 is 0 Å². The van der Waals surface area contributed by atoms with Crippen LogP contribution in [0.3, 0.4) is 0 Å². The second kappa shape index (κ2) is 18.6. The zero-order valence-electron chi connectivity index (χ0n) is 39.5. The van der Waals surface area contributed by atoms with Crippen LogP contribution in [0.2, 0.25) is 19.6 Å². The molecule has 10 aromatic rings. The molecule has 0 saturated carbocycles. The summed E-state index contributed by atoms with van der Waals surface area (Å²) in [7, 11) is -1.37. The van der Waals surface area contributed by atoms with Crippen LogP contribution in [0.4, 0.5) is 0 Å². The molecule has 0 fully saturated rings. The Morgan fingerprint density at radius 2 is 1.26 bits per heavy atom. The third-order valence-electron chi connectivity index (χ3n) is 12.0. The molecule has 0 atom stereocenters. The maximum Gasteiger partial charge on any atom is 0.120 e. The van der Waals surface area contributed by atoms with Crippen molar-refractivity contribution >= 4 is 46.2 Å². The summed E-state index contributed by atoms with van der Waals surface area (Å²) in [5.41, 5.74) is 15.2. The summed E-state index contributed by atoms with van der Waals surface area (Å²) < 4.78 is 8.86. The monoisotopic (exact) mass is 1060 g/mol. The van der Waals surface area contributed by atoms with Crippen LogP contribution in [0.5, 0.6) is 0 Å². The van der Waals surface area contributed by atoms with E-state index in [1.807, 2.05) is 42.5 Å². The minimum atomic E-state index is -1.37. The van der Waals surface area contributed by atoms with E-state index in [0.717, 1.165) is 90.0 Å². The van der Waals surface area contributed by atoms with Crippen molar-refractivity contribution in [3.63, 3.8) is 0 Å². The Balaban J connectivity index is 0.000000228. The van der Waals surface area contributed by atoms with Crippen LogP contribution in [-0.2, 0) is 31.9 Å². The Morgan fingerprint density at radius 3 is 1.88 bits per heavy atom. The van der Waals surface area contributed by atoms with Crippen molar-refractivity contribution in [1.29, 1.82) is 0 Å². The Labute approximate surface area is 405 Å².